The lowest BCUT2D eigenvalue weighted by Gasteiger charge is -2.32. The number of sulfonamides is 1. The molecule has 0 unspecified atom stereocenters. The molecule has 1 aliphatic heterocycles. The van der Waals surface area contributed by atoms with E-state index in [4.69, 9.17) is 0 Å². The number of benzene rings is 2. The summed E-state index contributed by atoms with van der Waals surface area (Å²) in [6.45, 7) is 5.66. The average Bonchev–Trinajstić information content (AvgIpc) is 3.57. The molecule has 0 radical (unpaired) electrons. The number of amides is 1. The van der Waals surface area contributed by atoms with Gasteiger partial charge in [-0.25, -0.2) is 13.1 Å². The first-order valence-electron chi connectivity index (χ1n) is 10.8. The zero-order chi connectivity index (χ0) is 21.8. The van der Waals surface area contributed by atoms with Crippen molar-refractivity contribution in [2.24, 2.45) is 0 Å². The molecule has 1 saturated carbocycles. The van der Waals surface area contributed by atoms with Crippen molar-refractivity contribution in [3.05, 3.63) is 65.2 Å². The molecule has 0 atom stereocenters. The third kappa shape index (κ3) is 6.13. The van der Waals surface area contributed by atoms with Crippen LogP contribution in [0.5, 0.6) is 0 Å². The third-order valence-corrected chi connectivity index (χ3v) is 7.31. The maximum absolute atomic E-state index is 12.5. The van der Waals surface area contributed by atoms with E-state index in [1.165, 1.54) is 17.7 Å². The van der Waals surface area contributed by atoms with Gasteiger partial charge < -0.3 is 10.2 Å². The van der Waals surface area contributed by atoms with Crippen LogP contribution in [-0.4, -0.2) is 63.4 Å². The summed E-state index contributed by atoms with van der Waals surface area (Å²) in [5.74, 6) is -0.219. The highest BCUT2D eigenvalue weighted by Gasteiger charge is 2.28. The van der Waals surface area contributed by atoms with Gasteiger partial charge in [-0.05, 0) is 55.3 Å². The van der Waals surface area contributed by atoms with Gasteiger partial charge in [0.2, 0.25) is 10.0 Å². The van der Waals surface area contributed by atoms with Gasteiger partial charge in [-0.1, -0.05) is 24.3 Å². The van der Waals surface area contributed by atoms with Gasteiger partial charge in [-0.3, -0.25) is 9.69 Å². The molecule has 2 fully saturated rings. The van der Waals surface area contributed by atoms with E-state index in [1.54, 1.807) is 12.1 Å². The van der Waals surface area contributed by atoms with Crippen LogP contribution in [-0.2, 0) is 23.1 Å². The molecular formula is C23H30N4O3S. The molecule has 4 rings (SSSR count). The molecule has 31 heavy (non-hydrogen) atoms. The second-order valence-electron chi connectivity index (χ2n) is 8.50. The van der Waals surface area contributed by atoms with Crippen molar-refractivity contribution in [1.29, 1.82) is 0 Å². The summed E-state index contributed by atoms with van der Waals surface area (Å²) in [7, 11) is -1.35. The van der Waals surface area contributed by atoms with Crippen LogP contribution < -0.4 is 10.0 Å². The van der Waals surface area contributed by atoms with Crippen LogP contribution in [0.1, 0.15) is 34.3 Å². The minimum absolute atomic E-state index is 0.0555. The number of carbonyl (C=O) groups excluding carboxylic acids is 1. The van der Waals surface area contributed by atoms with Gasteiger partial charge >= 0.3 is 0 Å². The number of hydrogen-bond acceptors (Lipinski definition) is 5. The summed E-state index contributed by atoms with van der Waals surface area (Å²) in [6.07, 6.45) is 1.77. The first kappa shape index (κ1) is 22.0. The van der Waals surface area contributed by atoms with Crippen LogP contribution in [0.2, 0.25) is 0 Å². The lowest BCUT2D eigenvalue weighted by atomic mass is 10.1. The summed E-state index contributed by atoms with van der Waals surface area (Å²) in [4.78, 5) is 17.5. The molecule has 1 saturated heterocycles. The van der Waals surface area contributed by atoms with Crippen molar-refractivity contribution in [1.82, 2.24) is 19.8 Å². The van der Waals surface area contributed by atoms with Crippen LogP contribution in [0.3, 0.4) is 0 Å². The second kappa shape index (κ2) is 9.48. The number of rotatable bonds is 8. The minimum Gasteiger partial charge on any atom is -0.348 e. The molecule has 1 amide bonds. The number of nitrogens with zero attached hydrogens (tertiary/aromatic N) is 2. The van der Waals surface area contributed by atoms with Crippen molar-refractivity contribution in [2.75, 3.05) is 33.2 Å². The topological polar surface area (TPSA) is 81.8 Å². The number of hydrogen-bond donors (Lipinski definition) is 2. The number of nitrogens with one attached hydrogen (secondary N) is 2. The van der Waals surface area contributed by atoms with Gasteiger partial charge in [-0.15, -0.1) is 0 Å². The minimum atomic E-state index is -3.50. The molecule has 0 spiro atoms. The van der Waals surface area contributed by atoms with Gasteiger partial charge in [0.05, 0.1) is 4.90 Å². The van der Waals surface area contributed by atoms with Crippen molar-refractivity contribution in [3.8, 4) is 0 Å². The van der Waals surface area contributed by atoms with E-state index in [9.17, 15) is 13.2 Å². The summed E-state index contributed by atoms with van der Waals surface area (Å²) in [5.41, 5.74) is 2.74. The summed E-state index contributed by atoms with van der Waals surface area (Å²) in [5, 5.41) is 2.93. The van der Waals surface area contributed by atoms with Crippen LogP contribution in [0.15, 0.2) is 53.4 Å². The highest BCUT2D eigenvalue weighted by Crippen LogP contribution is 2.22. The fourth-order valence-electron chi connectivity index (χ4n) is 3.66. The fourth-order valence-corrected chi connectivity index (χ4v) is 4.97. The Labute approximate surface area is 184 Å². The summed E-state index contributed by atoms with van der Waals surface area (Å²) in [6, 6.07) is 14.4. The standard InChI is InChI=1S/C23H30N4O3S/c1-26-11-13-27(14-12-26)17-19-4-2-3-18(15-19)16-24-23(28)20-5-9-22(10-6-20)31(29,30)25-21-7-8-21/h2-6,9-10,15,21,25H,7-8,11-14,16-17H2,1H3,(H,24,28). The van der Waals surface area contributed by atoms with Crippen LogP contribution in [0.4, 0.5) is 0 Å². The maximum atomic E-state index is 12.5. The molecule has 2 aliphatic rings. The van der Waals surface area contributed by atoms with Crippen LogP contribution in [0, 0.1) is 0 Å². The first-order valence-corrected chi connectivity index (χ1v) is 12.3. The Morgan fingerprint density at radius 3 is 2.35 bits per heavy atom. The Bertz CT molecular complexity index is 1010. The normalized spacial score (nSPS) is 18.1. The van der Waals surface area contributed by atoms with E-state index in [2.05, 4.69) is 39.0 Å². The highest BCUT2D eigenvalue weighted by atomic mass is 32.2. The smallest absolute Gasteiger partial charge is 0.251 e. The molecule has 2 aromatic rings. The Kier molecular flexibility index (Phi) is 6.71. The molecule has 8 heteroatoms. The van der Waals surface area contributed by atoms with E-state index < -0.39 is 10.0 Å². The predicted molar refractivity (Wildman–Crippen MR) is 120 cm³/mol. The molecule has 0 bridgehead atoms. The zero-order valence-electron chi connectivity index (χ0n) is 17.9. The fraction of sp³-hybridized carbons (Fsp3) is 0.435. The Morgan fingerprint density at radius 2 is 1.68 bits per heavy atom. The van der Waals surface area contributed by atoms with Crippen LogP contribution >= 0.6 is 0 Å². The number of carbonyl (C=O) groups is 1. The molecule has 7 nitrogen and oxygen atoms in total. The Morgan fingerprint density at radius 1 is 1.00 bits per heavy atom. The van der Waals surface area contributed by atoms with Gasteiger partial charge in [0.1, 0.15) is 0 Å². The molecule has 0 aromatic heterocycles. The molecule has 166 valence electrons. The largest absolute Gasteiger partial charge is 0.348 e. The number of likely N-dealkylation sites (N-methyl/N-ethyl adjacent to an activating group) is 1. The quantitative estimate of drug-likeness (QED) is 0.652. The SMILES string of the molecule is CN1CCN(Cc2cccc(CNC(=O)c3ccc(S(=O)(=O)NC4CC4)cc3)c2)CC1. The summed E-state index contributed by atoms with van der Waals surface area (Å²) < 4.78 is 27.1. The van der Waals surface area contributed by atoms with Crippen molar-refractivity contribution < 1.29 is 13.2 Å². The second-order valence-corrected chi connectivity index (χ2v) is 10.2. The van der Waals surface area contributed by atoms with E-state index >= 15 is 0 Å². The molecular weight excluding hydrogens is 412 g/mol. The van der Waals surface area contributed by atoms with E-state index in [0.29, 0.717) is 12.1 Å². The summed E-state index contributed by atoms with van der Waals surface area (Å²) >= 11 is 0. The first-order chi connectivity index (χ1) is 14.9. The third-order valence-electron chi connectivity index (χ3n) is 5.77. The van der Waals surface area contributed by atoms with Gasteiger partial charge in [0.25, 0.3) is 5.91 Å². The lowest BCUT2D eigenvalue weighted by molar-refractivity contribution is 0.0950. The van der Waals surface area contributed by atoms with E-state index in [0.717, 1.165) is 51.1 Å². The number of piperazine rings is 1. The zero-order valence-corrected chi connectivity index (χ0v) is 18.7. The lowest BCUT2D eigenvalue weighted by Crippen LogP contribution is -2.43. The van der Waals surface area contributed by atoms with Gasteiger partial charge in [-0.2, -0.15) is 0 Å². The molecule has 1 aliphatic carbocycles. The molecule has 2 N–H and O–H groups in total. The van der Waals surface area contributed by atoms with E-state index in [-0.39, 0.29) is 16.8 Å². The molecule has 1 heterocycles. The predicted octanol–water partition coefficient (Wildman–Crippen LogP) is 1.80. The monoisotopic (exact) mass is 442 g/mol. The van der Waals surface area contributed by atoms with E-state index in [1.807, 2.05) is 12.1 Å². The van der Waals surface area contributed by atoms with Crippen LogP contribution in [0.25, 0.3) is 0 Å². The van der Waals surface area contributed by atoms with Crippen molar-refractivity contribution in [3.63, 3.8) is 0 Å². The maximum Gasteiger partial charge on any atom is 0.251 e. The van der Waals surface area contributed by atoms with Gasteiger partial charge in [0, 0.05) is 50.9 Å². The van der Waals surface area contributed by atoms with Crippen molar-refractivity contribution >= 4 is 15.9 Å². The highest BCUT2D eigenvalue weighted by molar-refractivity contribution is 7.89. The van der Waals surface area contributed by atoms with Gasteiger partial charge in [0.15, 0.2) is 0 Å². The van der Waals surface area contributed by atoms with Crippen molar-refractivity contribution in [2.45, 2.75) is 36.9 Å². The Hall–Kier alpha value is -2.26. The average molecular weight is 443 g/mol. The Balaban J connectivity index is 1.31. The molecule has 2 aromatic carbocycles.